The highest BCUT2D eigenvalue weighted by atomic mass is 16.5. The molecule has 0 spiro atoms. The van der Waals surface area contributed by atoms with Crippen molar-refractivity contribution in [1.29, 1.82) is 0 Å². The summed E-state index contributed by atoms with van der Waals surface area (Å²) < 4.78 is 7.01. The molecule has 1 aromatic rings. The number of hydrogen-bond donors (Lipinski definition) is 1. The summed E-state index contributed by atoms with van der Waals surface area (Å²) in [7, 11) is 0. The Kier molecular flexibility index (Phi) is 4.49. The monoisotopic (exact) mass is 226 g/mol. The number of carboxylic acids is 1. The molecule has 5 nitrogen and oxygen atoms in total. The molecule has 0 aliphatic carbocycles. The lowest BCUT2D eigenvalue weighted by Gasteiger charge is -2.09. The number of carbonyl (C=O) groups is 1. The van der Waals surface area contributed by atoms with Gasteiger partial charge in [-0.2, -0.15) is 5.10 Å². The van der Waals surface area contributed by atoms with Crippen LogP contribution in [-0.4, -0.2) is 27.0 Å². The first-order chi connectivity index (χ1) is 7.54. The lowest BCUT2D eigenvalue weighted by Crippen LogP contribution is -2.19. The molecule has 16 heavy (non-hydrogen) atoms. The maximum atomic E-state index is 10.5. The summed E-state index contributed by atoms with van der Waals surface area (Å²) in [6.45, 7) is 5.91. The fraction of sp³-hybridized carbons (Fsp3) is 0.636. The first-order valence-corrected chi connectivity index (χ1v) is 5.43. The SMILES string of the molecule is CCC(C)n1ccc(COC(C)C(=O)O)n1. The molecule has 0 saturated carbocycles. The molecule has 1 heterocycles. The third-order valence-corrected chi connectivity index (χ3v) is 2.53. The smallest absolute Gasteiger partial charge is 0.332 e. The highest BCUT2D eigenvalue weighted by molar-refractivity contribution is 5.71. The van der Waals surface area contributed by atoms with Crippen molar-refractivity contribution in [3.8, 4) is 0 Å². The maximum absolute atomic E-state index is 10.5. The normalized spacial score (nSPS) is 14.7. The second-order valence-electron chi connectivity index (χ2n) is 3.84. The van der Waals surface area contributed by atoms with Gasteiger partial charge in [0.1, 0.15) is 0 Å². The molecule has 0 radical (unpaired) electrons. The molecule has 2 unspecified atom stereocenters. The van der Waals surface area contributed by atoms with Gasteiger partial charge < -0.3 is 9.84 Å². The van der Waals surface area contributed by atoms with Crippen LogP contribution in [0.15, 0.2) is 12.3 Å². The zero-order chi connectivity index (χ0) is 12.1. The Bertz CT molecular complexity index is 349. The Morgan fingerprint density at radius 3 is 2.88 bits per heavy atom. The Balaban J connectivity index is 2.49. The van der Waals surface area contributed by atoms with E-state index in [9.17, 15) is 4.79 Å². The lowest BCUT2D eigenvalue weighted by molar-refractivity contribution is -0.149. The summed E-state index contributed by atoms with van der Waals surface area (Å²) in [4.78, 5) is 10.5. The minimum absolute atomic E-state index is 0.233. The summed E-state index contributed by atoms with van der Waals surface area (Å²) in [6.07, 6.45) is 2.10. The molecule has 0 bridgehead atoms. The van der Waals surface area contributed by atoms with Crippen molar-refractivity contribution in [3.05, 3.63) is 18.0 Å². The van der Waals surface area contributed by atoms with Crippen LogP contribution in [0.4, 0.5) is 0 Å². The molecule has 0 fully saturated rings. The van der Waals surface area contributed by atoms with E-state index < -0.39 is 12.1 Å². The fourth-order valence-corrected chi connectivity index (χ4v) is 1.17. The lowest BCUT2D eigenvalue weighted by atomic mass is 10.3. The zero-order valence-electron chi connectivity index (χ0n) is 9.88. The van der Waals surface area contributed by atoms with E-state index in [-0.39, 0.29) is 6.61 Å². The fourth-order valence-electron chi connectivity index (χ4n) is 1.17. The van der Waals surface area contributed by atoms with Gasteiger partial charge in [0.25, 0.3) is 0 Å². The summed E-state index contributed by atoms with van der Waals surface area (Å²) >= 11 is 0. The summed E-state index contributed by atoms with van der Waals surface area (Å²) in [5, 5.41) is 13.0. The number of carboxylic acid groups (broad SMARTS) is 1. The zero-order valence-corrected chi connectivity index (χ0v) is 9.88. The molecule has 1 rings (SSSR count). The molecule has 0 saturated heterocycles. The number of aromatic nitrogens is 2. The van der Waals surface area contributed by atoms with Gasteiger partial charge in [0, 0.05) is 12.2 Å². The van der Waals surface area contributed by atoms with E-state index in [1.54, 1.807) is 0 Å². The van der Waals surface area contributed by atoms with E-state index in [1.807, 2.05) is 16.9 Å². The van der Waals surface area contributed by atoms with Crippen LogP contribution in [-0.2, 0) is 16.1 Å². The second kappa shape index (κ2) is 5.65. The van der Waals surface area contributed by atoms with Crippen molar-refractivity contribution in [2.75, 3.05) is 0 Å². The van der Waals surface area contributed by atoms with Crippen LogP contribution in [0.2, 0.25) is 0 Å². The van der Waals surface area contributed by atoms with Crippen LogP contribution < -0.4 is 0 Å². The van der Waals surface area contributed by atoms with Gasteiger partial charge in [-0.1, -0.05) is 6.92 Å². The predicted octanol–water partition coefficient (Wildman–Crippen LogP) is 1.84. The molecule has 1 aromatic heterocycles. The third-order valence-electron chi connectivity index (χ3n) is 2.53. The van der Waals surface area contributed by atoms with Crippen molar-refractivity contribution in [2.24, 2.45) is 0 Å². The number of hydrogen-bond acceptors (Lipinski definition) is 3. The molecule has 2 atom stereocenters. The largest absolute Gasteiger partial charge is 0.479 e. The molecule has 1 N–H and O–H groups in total. The standard InChI is InChI=1S/C11H18N2O3/c1-4-8(2)13-6-5-10(12-13)7-16-9(3)11(14)15/h5-6,8-9H,4,7H2,1-3H3,(H,14,15). The molecule has 90 valence electrons. The van der Waals surface area contributed by atoms with Gasteiger partial charge in [-0.15, -0.1) is 0 Å². The van der Waals surface area contributed by atoms with E-state index >= 15 is 0 Å². The Labute approximate surface area is 95.0 Å². The molecule has 0 aliphatic rings. The Hall–Kier alpha value is -1.36. The van der Waals surface area contributed by atoms with Crippen molar-refractivity contribution in [3.63, 3.8) is 0 Å². The van der Waals surface area contributed by atoms with Crippen LogP contribution in [0.3, 0.4) is 0 Å². The Morgan fingerprint density at radius 1 is 1.62 bits per heavy atom. The van der Waals surface area contributed by atoms with Gasteiger partial charge in [0.2, 0.25) is 0 Å². The van der Waals surface area contributed by atoms with Gasteiger partial charge in [-0.05, 0) is 26.3 Å². The van der Waals surface area contributed by atoms with Crippen LogP contribution >= 0.6 is 0 Å². The predicted molar refractivity (Wildman–Crippen MR) is 59.1 cm³/mol. The Morgan fingerprint density at radius 2 is 2.31 bits per heavy atom. The highest BCUT2D eigenvalue weighted by Gasteiger charge is 2.12. The highest BCUT2D eigenvalue weighted by Crippen LogP contribution is 2.10. The van der Waals surface area contributed by atoms with E-state index in [2.05, 4.69) is 18.9 Å². The number of nitrogens with zero attached hydrogens (tertiary/aromatic N) is 2. The first-order valence-electron chi connectivity index (χ1n) is 5.43. The number of rotatable bonds is 6. The topological polar surface area (TPSA) is 64.3 Å². The van der Waals surface area contributed by atoms with Gasteiger partial charge in [0.15, 0.2) is 6.10 Å². The van der Waals surface area contributed by atoms with Crippen molar-refractivity contribution < 1.29 is 14.6 Å². The van der Waals surface area contributed by atoms with E-state index in [0.29, 0.717) is 6.04 Å². The van der Waals surface area contributed by atoms with Crippen molar-refractivity contribution in [1.82, 2.24) is 9.78 Å². The average molecular weight is 226 g/mol. The molecule has 0 amide bonds. The first kappa shape index (κ1) is 12.7. The van der Waals surface area contributed by atoms with Crippen LogP contribution in [0, 0.1) is 0 Å². The quantitative estimate of drug-likeness (QED) is 0.803. The van der Waals surface area contributed by atoms with E-state index in [1.165, 1.54) is 6.92 Å². The average Bonchev–Trinajstić information content (AvgIpc) is 2.73. The number of ether oxygens (including phenoxy) is 1. The van der Waals surface area contributed by atoms with Crippen molar-refractivity contribution in [2.45, 2.75) is 45.9 Å². The summed E-state index contributed by atoms with van der Waals surface area (Å²) in [6, 6.07) is 2.20. The van der Waals surface area contributed by atoms with Crippen molar-refractivity contribution >= 4 is 5.97 Å². The van der Waals surface area contributed by atoms with Crippen LogP contribution in [0.1, 0.15) is 38.9 Å². The van der Waals surface area contributed by atoms with Crippen LogP contribution in [0.5, 0.6) is 0 Å². The molecular weight excluding hydrogens is 208 g/mol. The van der Waals surface area contributed by atoms with Gasteiger partial charge >= 0.3 is 5.97 Å². The molecular formula is C11H18N2O3. The van der Waals surface area contributed by atoms with Crippen LogP contribution in [0.25, 0.3) is 0 Å². The summed E-state index contributed by atoms with van der Waals surface area (Å²) in [5.41, 5.74) is 0.758. The minimum Gasteiger partial charge on any atom is -0.479 e. The summed E-state index contributed by atoms with van der Waals surface area (Å²) in [5.74, 6) is -0.957. The molecule has 0 aliphatic heterocycles. The van der Waals surface area contributed by atoms with Gasteiger partial charge in [-0.25, -0.2) is 4.79 Å². The van der Waals surface area contributed by atoms with E-state index in [4.69, 9.17) is 9.84 Å². The van der Waals surface area contributed by atoms with Gasteiger partial charge in [0.05, 0.1) is 12.3 Å². The minimum atomic E-state index is -0.957. The second-order valence-corrected chi connectivity index (χ2v) is 3.84. The third kappa shape index (κ3) is 3.34. The van der Waals surface area contributed by atoms with E-state index in [0.717, 1.165) is 12.1 Å². The maximum Gasteiger partial charge on any atom is 0.332 e. The van der Waals surface area contributed by atoms with Gasteiger partial charge in [-0.3, -0.25) is 4.68 Å². The molecule has 0 aromatic carbocycles. The molecule has 5 heteroatoms. The number of aliphatic carboxylic acids is 1.